The zero-order valence-electron chi connectivity index (χ0n) is 16.5. The molecule has 6 atom stereocenters. The van der Waals surface area contributed by atoms with Crippen molar-refractivity contribution >= 4 is 23.5 Å². The van der Waals surface area contributed by atoms with Gasteiger partial charge in [0.05, 0.1) is 9.30 Å². The summed E-state index contributed by atoms with van der Waals surface area (Å²) in [5.41, 5.74) is -5.27. The maximum absolute atomic E-state index is 11.9. The van der Waals surface area contributed by atoms with Crippen LogP contribution in [0.15, 0.2) is 15.8 Å². The van der Waals surface area contributed by atoms with E-state index in [0.717, 1.165) is 0 Å². The Bertz CT molecular complexity index is 1220. The number of terminal acetylenes is 1. The predicted octanol–water partition coefficient (Wildman–Crippen LogP) is -3.10. The molecule has 0 bridgehead atoms. The van der Waals surface area contributed by atoms with Gasteiger partial charge in [-0.15, -0.1) is 6.42 Å². The van der Waals surface area contributed by atoms with Crippen LogP contribution in [0.2, 0.25) is 0 Å². The van der Waals surface area contributed by atoms with Crippen molar-refractivity contribution in [3.05, 3.63) is 27.0 Å². The van der Waals surface area contributed by atoms with Crippen LogP contribution in [-0.4, -0.2) is 68.9 Å². The highest BCUT2D eigenvalue weighted by Crippen LogP contribution is 2.66. The maximum Gasteiger partial charge on any atom is 0.490 e. The third-order valence-electron chi connectivity index (χ3n) is 3.28. The van der Waals surface area contributed by atoms with E-state index in [9.17, 15) is 38.4 Å². The first-order valence-electron chi connectivity index (χ1n) is 8.29. The third-order valence-corrected chi connectivity index (χ3v) is 6.94. The molecule has 0 radical (unpaired) electrons. The number of nitrogens with zero attached hydrogens (tertiary/aromatic N) is 2. The summed E-state index contributed by atoms with van der Waals surface area (Å²) in [6.45, 7) is -3.73. The van der Waals surface area contributed by atoms with E-state index in [0.29, 0.717) is 6.20 Å². The van der Waals surface area contributed by atoms with Crippen LogP contribution in [0.5, 0.6) is 0 Å². The zero-order chi connectivity index (χ0) is 25.6. The highest BCUT2D eigenvalue weighted by molar-refractivity contribution is 7.66. The minimum Gasteiger partial charge on any atom is -0.386 e. The minimum atomic E-state index is -6.07. The lowest BCUT2D eigenvalue weighted by Gasteiger charge is -2.25. The molecular weight excluding hydrogens is 495 g/mol. The van der Waals surface area contributed by atoms with Crippen LogP contribution in [0.3, 0.4) is 0 Å². The van der Waals surface area contributed by atoms with Gasteiger partial charge in [-0.25, -0.2) is 18.5 Å². The summed E-state index contributed by atoms with van der Waals surface area (Å²) in [6.07, 6.45) is -1.60. The average Bonchev–Trinajstić information content (AvgIpc) is 2.83. The molecule has 0 aromatic carbocycles. The zero-order valence-corrected chi connectivity index (χ0v) is 17.2. The Kier molecular flexibility index (Phi) is 6.41. The number of hydrogen-bond donors (Lipinski definition) is 7. The van der Waals surface area contributed by atoms with E-state index in [1.807, 2.05) is 0 Å². The fourth-order valence-electron chi connectivity index (χ4n) is 2.13. The molecule has 1 saturated heterocycles. The van der Waals surface area contributed by atoms with E-state index in [1.54, 1.807) is 10.9 Å². The van der Waals surface area contributed by atoms with Gasteiger partial charge in [0, 0.05) is 0 Å². The number of aliphatic hydroxyl groups excluding tert-OH is 1. The molecule has 0 aliphatic carbocycles. The van der Waals surface area contributed by atoms with Gasteiger partial charge < -0.3 is 34.5 Å². The van der Waals surface area contributed by atoms with Crippen LogP contribution in [0.4, 0.5) is 0 Å². The molecule has 31 heavy (non-hydrogen) atoms. The molecule has 7 N–H and O–H groups in total. The molecule has 2 rings (SSSR count). The lowest BCUT2D eigenvalue weighted by molar-refractivity contribution is -0.0833. The van der Waals surface area contributed by atoms with Gasteiger partial charge in [-0.2, -0.15) is 18.4 Å². The molecule has 1 aromatic heterocycles. The Morgan fingerprint density at radius 1 is 1.29 bits per heavy atom. The van der Waals surface area contributed by atoms with E-state index in [2.05, 4.69) is 18.2 Å². The third kappa shape index (κ3) is 6.25. The Balaban J connectivity index is 2.36. The van der Waals surface area contributed by atoms with Gasteiger partial charge >= 0.3 is 29.2 Å². The monoisotopic (exact) mass is 511 g/mol. The number of H-pyrrole nitrogens is 1. The number of aromatic nitrogens is 3. The molecule has 1 aliphatic rings. The molecule has 0 saturated carbocycles. The standard InChI is InChI=1S/C10H14N3O15P3/c1-2-10(17)7(15)5(26-8(10)13-9(16)12-6(14)3-11-13)4-25-30(21,22)28-31(23,24)27-29(18,19)20/h1,3,5,7-8,15,17H,4H2,(H,21,22)(H,23,24)(H,12,14,16)(H2,18,19,20)/t5-,7+,8-,10?/m1/s1/i4D2. The molecule has 1 aromatic rings. The second kappa shape index (κ2) is 8.77. The number of nitrogens with one attached hydrogen (secondary N) is 1. The summed E-state index contributed by atoms with van der Waals surface area (Å²) in [4.78, 5) is 60.4. The van der Waals surface area contributed by atoms with Gasteiger partial charge in [-0.05, 0) is 0 Å². The molecule has 0 amide bonds. The van der Waals surface area contributed by atoms with E-state index in [4.69, 9.17) is 28.6 Å². The number of phosphoric acid groups is 3. The lowest BCUT2D eigenvalue weighted by Crippen LogP contribution is -2.49. The van der Waals surface area contributed by atoms with Gasteiger partial charge in [0.25, 0.3) is 5.56 Å². The number of phosphoric ester groups is 1. The smallest absolute Gasteiger partial charge is 0.386 e. The maximum atomic E-state index is 11.9. The number of hydrogen-bond acceptors (Lipinski definition) is 12. The summed E-state index contributed by atoms with van der Waals surface area (Å²) in [7, 11) is -17.8. The van der Waals surface area contributed by atoms with Gasteiger partial charge in [-0.1, -0.05) is 5.92 Å². The molecule has 18 nitrogen and oxygen atoms in total. The molecule has 1 aliphatic heterocycles. The van der Waals surface area contributed by atoms with Crippen LogP contribution < -0.4 is 11.2 Å². The van der Waals surface area contributed by atoms with Crippen molar-refractivity contribution in [1.29, 1.82) is 0 Å². The molecular formula is C10H14N3O15P3. The Morgan fingerprint density at radius 3 is 2.42 bits per heavy atom. The first-order chi connectivity index (χ1) is 14.7. The lowest BCUT2D eigenvalue weighted by atomic mass is 9.95. The number of ether oxygens (including phenoxy) is 1. The summed E-state index contributed by atoms with van der Waals surface area (Å²) in [5.74, 6) is 1.62. The van der Waals surface area contributed by atoms with Crippen molar-refractivity contribution in [2.24, 2.45) is 0 Å². The second-order valence-corrected chi connectivity index (χ2v) is 9.85. The average molecular weight is 511 g/mol. The van der Waals surface area contributed by atoms with E-state index in [-0.39, 0.29) is 4.68 Å². The molecule has 3 unspecified atom stereocenters. The highest BCUT2D eigenvalue weighted by atomic mass is 31.3. The Morgan fingerprint density at radius 2 is 1.90 bits per heavy atom. The van der Waals surface area contributed by atoms with Gasteiger partial charge in [0.1, 0.15) is 18.4 Å². The summed E-state index contributed by atoms with van der Waals surface area (Å²) >= 11 is 0. The molecule has 174 valence electrons. The molecule has 1 fully saturated rings. The van der Waals surface area contributed by atoms with Crippen LogP contribution in [0.25, 0.3) is 0 Å². The van der Waals surface area contributed by atoms with Crippen molar-refractivity contribution in [2.75, 3.05) is 6.56 Å². The normalized spacial score (nSPS) is 31.7. The summed E-state index contributed by atoms with van der Waals surface area (Å²) in [6, 6.07) is 0. The first kappa shape index (κ1) is 22.6. The van der Waals surface area contributed by atoms with Crippen molar-refractivity contribution < 1.29 is 64.1 Å². The van der Waals surface area contributed by atoms with Crippen molar-refractivity contribution in [2.45, 2.75) is 24.0 Å². The second-order valence-electron chi connectivity index (χ2n) is 5.51. The first-order valence-corrected chi connectivity index (χ1v) is 11.8. The van der Waals surface area contributed by atoms with Gasteiger partial charge in [0.2, 0.25) is 5.60 Å². The van der Waals surface area contributed by atoms with Gasteiger partial charge in [-0.3, -0.25) is 14.3 Å². The Labute approximate surface area is 173 Å². The van der Waals surface area contributed by atoms with E-state index < -0.39 is 65.3 Å². The SMILES string of the molecule is [2H]C([2H])(OP(=O)(O)OP(=O)(O)OP(=O)(O)O)[C@H]1O[C@@H](n2ncc(=O)[nH]c2=O)C(O)(C#C)[C@H]1O. The van der Waals surface area contributed by atoms with Crippen LogP contribution >= 0.6 is 23.5 Å². The van der Waals surface area contributed by atoms with E-state index >= 15 is 0 Å². The van der Waals surface area contributed by atoms with Gasteiger partial charge in [0.15, 0.2) is 6.23 Å². The fraction of sp³-hybridized carbons (Fsp3) is 0.500. The largest absolute Gasteiger partial charge is 0.490 e. The van der Waals surface area contributed by atoms with Crippen molar-refractivity contribution in [3.63, 3.8) is 0 Å². The molecule has 2 heterocycles. The van der Waals surface area contributed by atoms with Crippen LogP contribution in [0, 0.1) is 12.3 Å². The summed E-state index contributed by atoms with van der Waals surface area (Å²) < 4.78 is 65.4. The molecule has 0 spiro atoms. The number of aliphatic hydroxyl groups is 2. The Hall–Kier alpha value is -1.54. The van der Waals surface area contributed by atoms with E-state index in [1.165, 1.54) is 0 Å². The molecule has 21 heteroatoms. The van der Waals surface area contributed by atoms with Crippen LogP contribution in [0.1, 0.15) is 8.97 Å². The minimum absolute atomic E-state index is 0.200. The predicted molar refractivity (Wildman–Crippen MR) is 92.6 cm³/mol. The van der Waals surface area contributed by atoms with Crippen molar-refractivity contribution in [1.82, 2.24) is 14.8 Å². The summed E-state index contributed by atoms with van der Waals surface area (Å²) in [5, 5.41) is 24.2. The number of rotatable bonds is 8. The van der Waals surface area contributed by atoms with Crippen LogP contribution in [-0.2, 0) is 31.6 Å². The highest BCUT2D eigenvalue weighted by Gasteiger charge is 2.57. The van der Waals surface area contributed by atoms with Crippen molar-refractivity contribution in [3.8, 4) is 12.3 Å². The fourth-order valence-corrected chi connectivity index (χ4v) is 5.01. The number of aromatic amines is 1. The topological polar surface area (TPSA) is 277 Å². The quantitative estimate of drug-likeness (QED) is 0.134.